The van der Waals surface area contributed by atoms with Crippen LogP contribution in [0.4, 0.5) is 4.79 Å². The lowest BCUT2D eigenvalue weighted by Crippen LogP contribution is -2.50. The third-order valence-electron chi connectivity index (χ3n) is 4.47. The predicted molar refractivity (Wildman–Crippen MR) is 97.6 cm³/mol. The summed E-state index contributed by atoms with van der Waals surface area (Å²) >= 11 is 0. The summed E-state index contributed by atoms with van der Waals surface area (Å²) in [5, 5.41) is 0. The van der Waals surface area contributed by atoms with Crippen molar-refractivity contribution in [2.75, 3.05) is 27.4 Å². The van der Waals surface area contributed by atoms with Gasteiger partial charge in [-0.15, -0.1) is 0 Å². The van der Waals surface area contributed by atoms with Crippen LogP contribution in [0.25, 0.3) is 0 Å². The molecule has 0 aliphatic carbocycles. The number of benzene rings is 1. The summed E-state index contributed by atoms with van der Waals surface area (Å²) in [7, 11) is 3.00. The van der Waals surface area contributed by atoms with Crippen molar-refractivity contribution in [3.63, 3.8) is 0 Å². The highest BCUT2D eigenvalue weighted by atomic mass is 16.6. The molecule has 1 aliphatic rings. The Bertz CT molecular complexity index is 610. The van der Waals surface area contributed by atoms with E-state index in [9.17, 15) is 9.59 Å². The van der Waals surface area contributed by atoms with Crippen LogP contribution < -0.4 is 0 Å². The third-order valence-corrected chi connectivity index (χ3v) is 4.47. The van der Waals surface area contributed by atoms with Gasteiger partial charge in [0.05, 0.1) is 25.7 Å². The van der Waals surface area contributed by atoms with E-state index in [0.29, 0.717) is 13.0 Å². The normalized spacial score (nSPS) is 23.4. The Morgan fingerprint density at radius 3 is 2.35 bits per heavy atom. The van der Waals surface area contributed by atoms with Gasteiger partial charge >= 0.3 is 12.1 Å². The number of esters is 1. The molecule has 1 aromatic rings. The van der Waals surface area contributed by atoms with Crippen LogP contribution >= 0.6 is 0 Å². The number of carbonyl (C=O) groups excluding carboxylic acids is 2. The molecule has 1 aromatic carbocycles. The first-order chi connectivity index (χ1) is 12.3. The number of ether oxygens (including phenoxy) is 3. The molecule has 1 heterocycles. The summed E-state index contributed by atoms with van der Waals surface area (Å²) in [6, 6.07) is 9.59. The highest BCUT2D eigenvalue weighted by Crippen LogP contribution is 2.39. The molecule has 144 valence electrons. The molecule has 2 rings (SSSR count). The van der Waals surface area contributed by atoms with Crippen molar-refractivity contribution in [3.05, 3.63) is 35.9 Å². The van der Waals surface area contributed by atoms with Gasteiger partial charge in [0.15, 0.2) is 0 Å². The van der Waals surface area contributed by atoms with Crippen LogP contribution in [0.3, 0.4) is 0 Å². The number of piperidine rings is 1. The van der Waals surface area contributed by atoms with E-state index in [1.54, 1.807) is 12.0 Å². The predicted octanol–water partition coefficient (Wildman–Crippen LogP) is 3.42. The topological polar surface area (TPSA) is 65.1 Å². The molecule has 1 saturated heterocycles. The van der Waals surface area contributed by atoms with Crippen molar-refractivity contribution in [1.29, 1.82) is 0 Å². The zero-order chi connectivity index (χ0) is 19.3. The summed E-state index contributed by atoms with van der Waals surface area (Å²) in [6.45, 7) is 6.19. The maximum Gasteiger partial charge on any atom is 0.410 e. The van der Waals surface area contributed by atoms with E-state index in [1.807, 2.05) is 51.1 Å². The second-order valence-electron chi connectivity index (χ2n) is 7.66. The average Bonchev–Trinajstić information content (AvgIpc) is 2.60. The van der Waals surface area contributed by atoms with Gasteiger partial charge in [-0.05, 0) is 32.8 Å². The van der Waals surface area contributed by atoms with Gasteiger partial charge in [-0.25, -0.2) is 4.79 Å². The number of hydrogen-bond donors (Lipinski definition) is 0. The number of nitrogens with zero attached hydrogens (tertiary/aromatic N) is 1. The van der Waals surface area contributed by atoms with Gasteiger partial charge in [-0.2, -0.15) is 0 Å². The van der Waals surface area contributed by atoms with E-state index in [4.69, 9.17) is 14.2 Å². The largest absolute Gasteiger partial charge is 0.469 e. The first-order valence-corrected chi connectivity index (χ1v) is 8.88. The quantitative estimate of drug-likeness (QED) is 0.767. The average molecular weight is 363 g/mol. The van der Waals surface area contributed by atoms with Crippen LogP contribution in [0.2, 0.25) is 0 Å². The van der Waals surface area contributed by atoms with Gasteiger partial charge in [0.1, 0.15) is 5.60 Å². The fourth-order valence-electron chi connectivity index (χ4n) is 3.50. The van der Waals surface area contributed by atoms with Crippen molar-refractivity contribution in [1.82, 2.24) is 4.90 Å². The third kappa shape index (κ3) is 4.97. The van der Waals surface area contributed by atoms with E-state index in [2.05, 4.69) is 0 Å². The van der Waals surface area contributed by atoms with Crippen LogP contribution in [0.15, 0.2) is 30.3 Å². The van der Waals surface area contributed by atoms with Crippen molar-refractivity contribution in [2.45, 2.75) is 38.8 Å². The van der Waals surface area contributed by atoms with Crippen LogP contribution in [0, 0.1) is 11.8 Å². The molecule has 1 amide bonds. The summed E-state index contributed by atoms with van der Waals surface area (Å²) < 4.78 is 15.9. The van der Waals surface area contributed by atoms with Crippen LogP contribution in [-0.2, 0) is 19.0 Å². The van der Waals surface area contributed by atoms with Crippen LogP contribution in [0.1, 0.15) is 38.8 Å². The fourth-order valence-corrected chi connectivity index (χ4v) is 3.50. The molecule has 6 heteroatoms. The van der Waals surface area contributed by atoms with Gasteiger partial charge < -0.3 is 14.2 Å². The van der Waals surface area contributed by atoms with Gasteiger partial charge in [-0.1, -0.05) is 30.3 Å². The molecule has 2 unspecified atom stereocenters. The van der Waals surface area contributed by atoms with E-state index in [0.717, 1.165) is 5.56 Å². The molecule has 0 N–H and O–H groups in total. The Labute approximate surface area is 155 Å². The molecular formula is C20H29NO5. The second kappa shape index (κ2) is 8.54. The molecule has 0 saturated carbocycles. The number of amides is 1. The lowest BCUT2D eigenvalue weighted by Gasteiger charge is -2.44. The molecule has 0 aromatic heterocycles. The lowest BCUT2D eigenvalue weighted by molar-refractivity contribution is -0.149. The number of likely N-dealkylation sites (tertiary alicyclic amines) is 1. The Kier molecular flexibility index (Phi) is 6.64. The van der Waals surface area contributed by atoms with Gasteiger partial charge in [0.2, 0.25) is 0 Å². The molecule has 26 heavy (non-hydrogen) atoms. The summed E-state index contributed by atoms with van der Waals surface area (Å²) in [5.41, 5.74) is 0.386. The number of hydrogen-bond acceptors (Lipinski definition) is 5. The highest BCUT2D eigenvalue weighted by molar-refractivity contribution is 5.75. The minimum Gasteiger partial charge on any atom is -0.469 e. The highest BCUT2D eigenvalue weighted by Gasteiger charge is 2.43. The standard InChI is InChI=1S/C20H29NO5/c1-20(2,3)26-19(23)21-12-15(18(22)25-5)11-16(13-24-4)17(21)14-9-7-6-8-10-14/h6-10,15-17H,11-13H2,1-5H3/t15-,16?,17?/m0/s1. The zero-order valence-corrected chi connectivity index (χ0v) is 16.2. The Balaban J connectivity index is 2.40. The van der Waals surface area contributed by atoms with E-state index >= 15 is 0 Å². The molecule has 3 atom stereocenters. The van der Waals surface area contributed by atoms with Crippen molar-refractivity contribution >= 4 is 12.1 Å². The fraction of sp³-hybridized carbons (Fsp3) is 0.600. The van der Waals surface area contributed by atoms with Crippen LogP contribution in [-0.4, -0.2) is 49.9 Å². The zero-order valence-electron chi connectivity index (χ0n) is 16.2. The lowest BCUT2D eigenvalue weighted by atomic mass is 9.80. The molecule has 1 fully saturated rings. The first-order valence-electron chi connectivity index (χ1n) is 8.88. The van der Waals surface area contributed by atoms with Gasteiger partial charge in [0.25, 0.3) is 0 Å². The van der Waals surface area contributed by atoms with E-state index in [1.165, 1.54) is 7.11 Å². The summed E-state index contributed by atoms with van der Waals surface area (Å²) in [6.07, 6.45) is 0.167. The first kappa shape index (κ1) is 20.2. The minimum atomic E-state index is -0.618. The van der Waals surface area contributed by atoms with Gasteiger partial charge in [-0.3, -0.25) is 9.69 Å². The summed E-state index contributed by atoms with van der Waals surface area (Å²) in [4.78, 5) is 26.7. The maximum atomic E-state index is 12.9. The maximum absolute atomic E-state index is 12.9. The number of methoxy groups -OCH3 is 2. The van der Waals surface area contributed by atoms with Crippen LogP contribution in [0.5, 0.6) is 0 Å². The molecule has 6 nitrogen and oxygen atoms in total. The van der Waals surface area contributed by atoms with E-state index in [-0.39, 0.29) is 24.5 Å². The minimum absolute atomic E-state index is 0.0345. The number of rotatable bonds is 4. The smallest absolute Gasteiger partial charge is 0.410 e. The Hall–Kier alpha value is -2.08. The van der Waals surface area contributed by atoms with Crippen molar-refractivity contribution < 1.29 is 23.8 Å². The summed E-state index contributed by atoms with van der Waals surface area (Å²) in [5.74, 6) is -0.744. The Morgan fingerprint density at radius 2 is 1.81 bits per heavy atom. The molecular weight excluding hydrogens is 334 g/mol. The number of carbonyl (C=O) groups is 2. The van der Waals surface area contributed by atoms with E-state index < -0.39 is 17.6 Å². The monoisotopic (exact) mass is 363 g/mol. The second-order valence-corrected chi connectivity index (χ2v) is 7.66. The molecule has 1 aliphatic heterocycles. The molecule has 0 spiro atoms. The van der Waals surface area contributed by atoms with Crippen molar-refractivity contribution in [2.24, 2.45) is 11.8 Å². The van der Waals surface area contributed by atoms with Crippen molar-refractivity contribution in [3.8, 4) is 0 Å². The molecule has 0 radical (unpaired) electrons. The van der Waals surface area contributed by atoms with Gasteiger partial charge in [0, 0.05) is 19.6 Å². The Morgan fingerprint density at radius 1 is 1.15 bits per heavy atom. The SMILES string of the molecule is COCC1C[C@H](C(=O)OC)CN(C(=O)OC(C)(C)C)C1c1ccccc1. The molecule has 0 bridgehead atoms.